The van der Waals surface area contributed by atoms with Crippen LogP contribution in [0, 0.1) is 20.2 Å². The zero-order valence-corrected chi connectivity index (χ0v) is 30.9. The Balaban J connectivity index is 0.869. The first-order chi connectivity index (χ1) is 26.8. The highest BCUT2D eigenvalue weighted by Crippen LogP contribution is 2.29. The largest absolute Gasteiger partial charge is 0.388 e. The van der Waals surface area contributed by atoms with Crippen LogP contribution in [0.5, 0.6) is 0 Å². The van der Waals surface area contributed by atoms with Gasteiger partial charge in [0.15, 0.2) is 5.82 Å². The minimum atomic E-state index is -1.15. The predicted molar refractivity (Wildman–Crippen MR) is 196 cm³/mol. The van der Waals surface area contributed by atoms with Crippen LogP contribution in [0.15, 0.2) is 42.7 Å². The van der Waals surface area contributed by atoms with Crippen molar-refractivity contribution in [1.29, 1.82) is 0 Å². The number of aliphatic hydroxyl groups excluding tert-OH is 2. The SMILES string of the molecule is O=[N+]([O-])c1ccc(NCCOCCOCCOCCOCCOCCOCCOC[C@H]2OC[C@H](Nc3nc(-c4ccncc4)ns3)[C@@H](O)[C@H]2O)c([N+](=O)[O-])c1. The van der Waals surface area contributed by atoms with E-state index in [9.17, 15) is 30.4 Å². The topological polar surface area (TPSA) is 263 Å². The van der Waals surface area contributed by atoms with Crippen LogP contribution in [0.1, 0.15) is 0 Å². The Hall–Kier alpha value is -4.07. The molecule has 1 fully saturated rings. The first-order valence-electron chi connectivity index (χ1n) is 17.5. The second-order valence-corrected chi connectivity index (χ2v) is 12.4. The fourth-order valence-corrected chi connectivity index (χ4v) is 5.58. The lowest BCUT2D eigenvalue weighted by atomic mass is 9.98. The van der Waals surface area contributed by atoms with Gasteiger partial charge < -0.3 is 58.7 Å². The number of anilines is 2. The van der Waals surface area contributed by atoms with Gasteiger partial charge in [0, 0.05) is 42.1 Å². The van der Waals surface area contributed by atoms with Crippen LogP contribution < -0.4 is 10.6 Å². The highest BCUT2D eigenvalue weighted by molar-refractivity contribution is 7.09. The molecule has 1 aromatic carbocycles. The number of nitrogens with zero attached hydrogens (tertiary/aromatic N) is 5. The van der Waals surface area contributed by atoms with Gasteiger partial charge in [-0.3, -0.25) is 25.2 Å². The third-order valence-corrected chi connectivity index (χ3v) is 8.42. The van der Waals surface area contributed by atoms with Gasteiger partial charge in [-0.15, -0.1) is 0 Å². The number of aromatic nitrogens is 3. The monoisotopic (exact) mass is 797 g/mol. The molecule has 0 radical (unpaired) electrons. The maximum absolute atomic E-state index is 11.2. The molecule has 21 nitrogen and oxygen atoms in total. The molecule has 1 saturated heterocycles. The van der Waals surface area contributed by atoms with Gasteiger partial charge >= 0.3 is 0 Å². The first-order valence-corrected chi connectivity index (χ1v) is 18.3. The minimum absolute atomic E-state index is 0.103. The molecule has 0 spiro atoms. The number of hydrogen-bond acceptors (Lipinski definition) is 20. The highest BCUT2D eigenvalue weighted by atomic mass is 32.1. The van der Waals surface area contributed by atoms with Crippen molar-refractivity contribution in [3.05, 3.63) is 63.0 Å². The van der Waals surface area contributed by atoms with Crippen LogP contribution in [0.25, 0.3) is 11.4 Å². The van der Waals surface area contributed by atoms with Gasteiger partial charge in [0.2, 0.25) is 5.13 Å². The molecule has 0 unspecified atom stereocenters. The molecule has 0 aliphatic carbocycles. The predicted octanol–water partition coefficient (Wildman–Crippen LogP) is 1.55. The van der Waals surface area contributed by atoms with E-state index in [-0.39, 0.29) is 50.0 Å². The average molecular weight is 798 g/mol. The second kappa shape index (κ2) is 25.2. The first kappa shape index (κ1) is 43.7. The zero-order chi connectivity index (χ0) is 39.1. The molecule has 304 valence electrons. The minimum Gasteiger partial charge on any atom is -0.388 e. The summed E-state index contributed by atoms with van der Waals surface area (Å²) >= 11 is 1.15. The lowest BCUT2D eigenvalue weighted by Gasteiger charge is -2.37. The van der Waals surface area contributed by atoms with Crippen LogP contribution in [0.3, 0.4) is 0 Å². The van der Waals surface area contributed by atoms with Crippen molar-refractivity contribution in [3.63, 3.8) is 0 Å². The molecule has 4 atom stereocenters. The number of nitrogens with one attached hydrogen (secondary N) is 2. The fourth-order valence-electron chi connectivity index (χ4n) is 4.93. The molecule has 3 aromatic rings. The van der Waals surface area contributed by atoms with Crippen LogP contribution in [-0.2, 0) is 37.9 Å². The quantitative estimate of drug-likeness (QED) is 0.0441. The van der Waals surface area contributed by atoms with Crippen molar-refractivity contribution in [2.75, 3.05) is 116 Å². The van der Waals surface area contributed by atoms with Crippen molar-refractivity contribution < 1.29 is 58.0 Å². The molecule has 0 amide bonds. The maximum Gasteiger partial charge on any atom is 0.299 e. The van der Waals surface area contributed by atoms with E-state index in [0.717, 1.165) is 23.2 Å². The molecule has 55 heavy (non-hydrogen) atoms. The Bertz CT molecular complexity index is 1550. The number of benzene rings is 1. The van der Waals surface area contributed by atoms with Crippen LogP contribution >= 0.6 is 11.5 Å². The van der Waals surface area contributed by atoms with Crippen molar-refractivity contribution in [2.45, 2.75) is 24.4 Å². The maximum atomic E-state index is 11.2. The van der Waals surface area contributed by atoms with Gasteiger partial charge in [-0.2, -0.15) is 9.36 Å². The number of aliphatic hydroxyl groups is 2. The van der Waals surface area contributed by atoms with Crippen molar-refractivity contribution >= 4 is 33.7 Å². The number of nitro benzene ring substituents is 2. The molecular weight excluding hydrogens is 750 g/mol. The zero-order valence-electron chi connectivity index (χ0n) is 30.1. The summed E-state index contributed by atoms with van der Waals surface area (Å²) in [4.78, 5) is 29.0. The lowest BCUT2D eigenvalue weighted by Crippen LogP contribution is -2.56. The van der Waals surface area contributed by atoms with E-state index in [1.54, 1.807) is 24.5 Å². The fraction of sp³-hybridized carbons (Fsp3) is 0.606. The molecule has 1 aliphatic heterocycles. The number of pyridine rings is 1. The Morgan fingerprint density at radius 3 is 1.89 bits per heavy atom. The van der Waals surface area contributed by atoms with E-state index < -0.39 is 34.2 Å². The molecule has 0 bridgehead atoms. The molecule has 4 N–H and O–H groups in total. The Kier molecular flexibility index (Phi) is 20.0. The van der Waals surface area contributed by atoms with Gasteiger partial charge in [0.1, 0.15) is 24.0 Å². The average Bonchev–Trinajstić information content (AvgIpc) is 3.66. The summed E-state index contributed by atoms with van der Waals surface area (Å²) < 4.78 is 48.4. The summed E-state index contributed by atoms with van der Waals surface area (Å²) in [7, 11) is 0. The van der Waals surface area contributed by atoms with Crippen molar-refractivity contribution in [2.24, 2.45) is 0 Å². The molecule has 4 rings (SSSR count). The van der Waals surface area contributed by atoms with Gasteiger partial charge in [-0.1, -0.05) is 0 Å². The van der Waals surface area contributed by atoms with Crippen molar-refractivity contribution in [3.8, 4) is 11.4 Å². The van der Waals surface area contributed by atoms with E-state index in [0.29, 0.717) is 83.6 Å². The summed E-state index contributed by atoms with van der Waals surface area (Å²) in [6.07, 6.45) is 0.408. The third-order valence-electron chi connectivity index (χ3n) is 7.77. The van der Waals surface area contributed by atoms with Gasteiger partial charge in [-0.05, 0) is 18.2 Å². The Labute approximate surface area is 320 Å². The molecule has 1 aliphatic rings. The molecular formula is C33H47N7O14S. The Morgan fingerprint density at radius 1 is 0.764 bits per heavy atom. The van der Waals surface area contributed by atoms with Gasteiger partial charge in [0.25, 0.3) is 11.4 Å². The second-order valence-electron chi connectivity index (χ2n) is 11.7. The normalized spacial score (nSPS) is 18.3. The molecule has 22 heteroatoms. The van der Waals surface area contributed by atoms with E-state index in [4.69, 9.17) is 37.9 Å². The van der Waals surface area contributed by atoms with Crippen LogP contribution in [-0.4, -0.2) is 164 Å². The van der Waals surface area contributed by atoms with Gasteiger partial charge in [-0.25, -0.2) is 0 Å². The van der Waals surface area contributed by atoms with E-state index in [1.165, 1.54) is 12.1 Å². The molecule has 2 aromatic heterocycles. The molecule has 3 heterocycles. The summed E-state index contributed by atoms with van der Waals surface area (Å²) in [5.74, 6) is 0.546. The standard InChI is InChI=1S/C33H47N7O14S/c41-30-27(36-33-37-32(38-55-33)24-3-5-34-6-4-24)22-54-29(31(30)42)23-53-20-19-52-18-17-51-16-15-50-14-13-49-12-11-48-10-9-47-8-7-35-26-2-1-25(39(43)44)21-28(26)40(45)46/h1-6,21,27,29-31,35,41-42H,7-20,22-23H2,(H,36,37,38)/t27-,29+,30+,31-/m0/s1. The van der Waals surface area contributed by atoms with Crippen LogP contribution in [0.4, 0.5) is 22.2 Å². The number of ether oxygens (including phenoxy) is 8. The smallest absolute Gasteiger partial charge is 0.299 e. The number of nitro groups is 2. The summed E-state index contributed by atoms with van der Waals surface area (Å²) in [6.45, 7) is 5.26. The molecule has 0 saturated carbocycles. The third kappa shape index (κ3) is 15.9. The van der Waals surface area contributed by atoms with Gasteiger partial charge in [0.05, 0.1) is 121 Å². The van der Waals surface area contributed by atoms with E-state index in [2.05, 4.69) is 25.0 Å². The number of hydrogen-bond donors (Lipinski definition) is 4. The summed E-state index contributed by atoms with van der Waals surface area (Å²) in [5, 5.41) is 49.6. The lowest BCUT2D eigenvalue weighted by molar-refractivity contribution is -0.393. The summed E-state index contributed by atoms with van der Waals surface area (Å²) in [5.41, 5.74) is 0.273. The van der Waals surface area contributed by atoms with E-state index >= 15 is 0 Å². The van der Waals surface area contributed by atoms with Crippen molar-refractivity contribution in [1.82, 2.24) is 14.3 Å². The highest BCUT2D eigenvalue weighted by Gasteiger charge is 2.39. The summed E-state index contributed by atoms with van der Waals surface area (Å²) in [6, 6.07) is 6.46. The number of non-ortho nitro benzene ring substituents is 1. The van der Waals surface area contributed by atoms with Crippen LogP contribution in [0.2, 0.25) is 0 Å². The van der Waals surface area contributed by atoms with E-state index in [1.807, 2.05) is 0 Å². The Morgan fingerprint density at radius 2 is 1.33 bits per heavy atom. The number of rotatable bonds is 29.